The molecule has 0 amide bonds. The third-order valence-electron chi connectivity index (χ3n) is 4.11. The molecule has 3 nitrogen and oxygen atoms in total. The largest absolute Gasteiger partial charge is 0.340 e. The molecule has 1 saturated carbocycles. The van der Waals surface area contributed by atoms with Crippen molar-refractivity contribution in [3.05, 3.63) is 18.2 Å². The lowest BCUT2D eigenvalue weighted by Gasteiger charge is -2.33. The first kappa shape index (κ1) is 13.6. The second-order valence-electron chi connectivity index (χ2n) is 5.93. The summed E-state index contributed by atoms with van der Waals surface area (Å²) < 4.78 is 2.06. The van der Waals surface area contributed by atoms with E-state index in [1.54, 1.807) is 0 Å². The van der Waals surface area contributed by atoms with E-state index in [-0.39, 0.29) is 0 Å². The summed E-state index contributed by atoms with van der Waals surface area (Å²) in [7, 11) is 2.05. The van der Waals surface area contributed by atoms with Crippen LogP contribution in [0.2, 0.25) is 0 Å². The van der Waals surface area contributed by atoms with Crippen molar-refractivity contribution >= 4 is 0 Å². The Morgan fingerprint density at radius 3 is 2.94 bits per heavy atom. The molecule has 0 radical (unpaired) electrons. The highest BCUT2D eigenvalue weighted by atomic mass is 15.0. The van der Waals surface area contributed by atoms with Gasteiger partial charge in [0.05, 0.1) is 18.1 Å². The molecule has 0 aliphatic heterocycles. The SMILES string of the molecule is CCCNC(c1cn(C)cn1)C1CCCC(C)C1. The highest BCUT2D eigenvalue weighted by molar-refractivity contribution is 5.06. The quantitative estimate of drug-likeness (QED) is 0.868. The Bertz CT molecular complexity index is 358. The molecule has 3 unspecified atom stereocenters. The number of imidazole rings is 1. The van der Waals surface area contributed by atoms with Crippen LogP contribution in [0.5, 0.6) is 0 Å². The number of hydrogen-bond donors (Lipinski definition) is 1. The van der Waals surface area contributed by atoms with Gasteiger partial charge in [-0.2, -0.15) is 0 Å². The number of hydrogen-bond acceptors (Lipinski definition) is 2. The molecular formula is C15H27N3. The van der Waals surface area contributed by atoms with Gasteiger partial charge in [-0.05, 0) is 37.6 Å². The van der Waals surface area contributed by atoms with E-state index in [1.807, 2.05) is 6.33 Å². The molecule has 1 aromatic heterocycles. The monoisotopic (exact) mass is 249 g/mol. The number of aromatic nitrogens is 2. The molecule has 3 heteroatoms. The third-order valence-corrected chi connectivity index (χ3v) is 4.11. The first-order valence-corrected chi connectivity index (χ1v) is 7.42. The summed E-state index contributed by atoms with van der Waals surface area (Å²) in [6.45, 7) is 5.71. The molecule has 1 aliphatic rings. The number of rotatable bonds is 5. The summed E-state index contributed by atoms with van der Waals surface area (Å²) in [5.41, 5.74) is 1.23. The minimum absolute atomic E-state index is 0.453. The average Bonchev–Trinajstić information content (AvgIpc) is 2.76. The van der Waals surface area contributed by atoms with Gasteiger partial charge in [-0.25, -0.2) is 4.98 Å². The van der Waals surface area contributed by atoms with Crippen molar-refractivity contribution in [2.45, 2.75) is 52.0 Å². The number of nitrogens with zero attached hydrogens (tertiary/aromatic N) is 2. The summed E-state index contributed by atoms with van der Waals surface area (Å²) in [5.74, 6) is 1.63. The van der Waals surface area contributed by atoms with Crippen LogP contribution in [0.15, 0.2) is 12.5 Å². The smallest absolute Gasteiger partial charge is 0.0947 e. The third kappa shape index (κ3) is 3.35. The fourth-order valence-corrected chi connectivity index (χ4v) is 3.19. The topological polar surface area (TPSA) is 29.9 Å². The zero-order chi connectivity index (χ0) is 13.0. The van der Waals surface area contributed by atoms with E-state index in [1.165, 1.54) is 37.8 Å². The van der Waals surface area contributed by atoms with Crippen molar-refractivity contribution < 1.29 is 0 Å². The lowest BCUT2D eigenvalue weighted by molar-refractivity contribution is 0.221. The van der Waals surface area contributed by atoms with Gasteiger partial charge in [-0.15, -0.1) is 0 Å². The van der Waals surface area contributed by atoms with Crippen LogP contribution < -0.4 is 5.32 Å². The van der Waals surface area contributed by atoms with Crippen molar-refractivity contribution in [2.24, 2.45) is 18.9 Å². The Morgan fingerprint density at radius 2 is 2.33 bits per heavy atom. The Kier molecular flexibility index (Phi) is 4.81. The molecule has 0 spiro atoms. The summed E-state index contributed by atoms with van der Waals surface area (Å²) >= 11 is 0. The van der Waals surface area contributed by atoms with Gasteiger partial charge in [0, 0.05) is 13.2 Å². The van der Waals surface area contributed by atoms with Gasteiger partial charge < -0.3 is 9.88 Å². The Labute approximate surface area is 111 Å². The molecule has 1 fully saturated rings. The van der Waals surface area contributed by atoms with Gasteiger partial charge in [0.2, 0.25) is 0 Å². The number of nitrogens with one attached hydrogen (secondary N) is 1. The summed E-state index contributed by atoms with van der Waals surface area (Å²) in [5, 5.41) is 3.71. The maximum Gasteiger partial charge on any atom is 0.0947 e. The van der Waals surface area contributed by atoms with Crippen molar-refractivity contribution in [3.8, 4) is 0 Å². The fourth-order valence-electron chi connectivity index (χ4n) is 3.19. The van der Waals surface area contributed by atoms with Gasteiger partial charge in [0.15, 0.2) is 0 Å². The average molecular weight is 249 g/mol. The molecule has 0 bridgehead atoms. The molecule has 1 aromatic rings. The Balaban J connectivity index is 2.08. The zero-order valence-electron chi connectivity index (χ0n) is 12.0. The normalized spacial score (nSPS) is 26.2. The predicted octanol–water partition coefficient (Wildman–Crippen LogP) is 3.29. The van der Waals surface area contributed by atoms with E-state index < -0.39 is 0 Å². The standard InChI is InChI=1S/C15H27N3/c1-4-8-16-15(14-10-18(3)11-17-14)13-7-5-6-12(2)9-13/h10-13,15-16H,4-9H2,1-3H3. The minimum atomic E-state index is 0.453. The first-order chi connectivity index (χ1) is 8.70. The van der Waals surface area contributed by atoms with Crippen LogP contribution in [0.1, 0.15) is 57.7 Å². The summed E-state index contributed by atoms with van der Waals surface area (Å²) in [4.78, 5) is 4.57. The minimum Gasteiger partial charge on any atom is -0.340 e. The van der Waals surface area contributed by atoms with E-state index >= 15 is 0 Å². The predicted molar refractivity (Wildman–Crippen MR) is 75.4 cm³/mol. The molecule has 18 heavy (non-hydrogen) atoms. The lowest BCUT2D eigenvalue weighted by atomic mass is 9.78. The summed E-state index contributed by atoms with van der Waals surface area (Å²) in [6, 6.07) is 0.453. The lowest BCUT2D eigenvalue weighted by Crippen LogP contribution is -2.32. The van der Waals surface area contributed by atoms with E-state index in [0.29, 0.717) is 6.04 Å². The maximum absolute atomic E-state index is 4.57. The first-order valence-electron chi connectivity index (χ1n) is 7.42. The fraction of sp³-hybridized carbons (Fsp3) is 0.800. The van der Waals surface area contributed by atoms with Crippen molar-refractivity contribution in [1.82, 2.24) is 14.9 Å². The van der Waals surface area contributed by atoms with E-state index in [9.17, 15) is 0 Å². The highest BCUT2D eigenvalue weighted by Crippen LogP contribution is 2.36. The van der Waals surface area contributed by atoms with Gasteiger partial charge >= 0.3 is 0 Å². The maximum atomic E-state index is 4.57. The second-order valence-corrected chi connectivity index (χ2v) is 5.93. The van der Waals surface area contributed by atoms with Gasteiger partial charge in [0.1, 0.15) is 0 Å². The van der Waals surface area contributed by atoms with Crippen LogP contribution in [0.3, 0.4) is 0 Å². The van der Waals surface area contributed by atoms with Crippen LogP contribution in [0.4, 0.5) is 0 Å². The molecular weight excluding hydrogens is 222 g/mol. The molecule has 1 heterocycles. The van der Waals surface area contributed by atoms with E-state index in [4.69, 9.17) is 0 Å². The van der Waals surface area contributed by atoms with Crippen molar-refractivity contribution in [1.29, 1.82) is 0 Å². The highest BCUT2D eigenvalue weighted by Gasteiger charge is 2.28. The van der Waals surface area contributed by atoms with Crippen molar-refractivity contribution in [3.63, 3.8) is 0 Å². The van der Waals surface area contributed by atoms with Crippen LogP contribution in [-0.4, -0.2) is 16.1 Å². The second kappa shape index (κ2) is 6.37. The van der Waals surface area contributed by atoms with Gasteiger partial charge in [0.25, 0.3) is 0 Å². The molecule has 2 rings (SSSR count). The van der Waals surface area contributed by atoms with E-state index in [2.05, 4.69) is 42.0 Å². The molecule has 3 atom stereocenters. The van der Waals surface area contributed by atoms with Gasteiger partial charge in [-0.3, -0.25) is 0 Å². The molecule has 1 aliphatic carbocycles. The van der Waals surface area contributed by atoms with Crippen LogP contribution in [0.25, 0.3) is 0 Å². The van der Waals surface area contributed by atoms with Crippen LogP contribution >= 0.6 is 0 Å². The molecule has 1 N–H and O–H groups in total. The number of aryl methyl sites for hydroxylation is 1. The zero-order valence-corrected chi connectivity index (χ0v) is 12.0. The van der Waals surface area contributed by atoms with Crippen LogP contribution in [-0.2, 0) is 7.05 Å². The van der Waals surface area contributed by atoms with Gasteiger partial charge in [-0.1, -0.05) is 26.7 Å². The Morgan fingerprint density at radius 1 is 1.50 bits per heavy atom. The van der Waals surface area contributed by atoms with Crippen molar-refractivity contribution in [2.75, 3.05) is 6.54 Å². The molecule has 0 aromatic carbocycles. The van der Waals surface area contributed by atoms with E-state index in [0.717, 1.165) is 18.4 Å². The molecule has 102 valence electrons. The van der Waals surface area contributed by atoms with Crippen LogP contribution in [0, 0.1) is 11.8 Å². The molecule has 0 saturated heterocycles. The summed E-state index contributed by atoms with van der Waals surface area (Å²) in [6.07, 6.45) is 10.8. The Hall–Kier alpha value is -0.830.